The Balaban J connectivity index is 2.75. The Morgan fingerprint density at radius 3 is 2.60 bits per heavy atom. The van der Waals surface area contributed by atoms with Crippen LogP contribution < -0.4 is 5.73 Å². The molecular formula is C11H15NO3. The predicted octanol–water partition coefficient (Wildman–Crippen LogP) is 0.222. The number of hydrogen-bond donors (Lipinski definition) is 2. The van der Waals surface area contributed by atoms with Crippen molar-refractivity contribution in [2.45, 2.75) is 19.1 Å². The van der Waals surface area contributed by atoms with E-state index in [4.69, 9.17) is 10.8 Å². The molecule has 1 rings (SSSR count). The van der Waals surface area contributed by atoms with Gasteiger partial charge in [-0.1, -0.05) is 24.3 Å². The van der Waals surface area contributed by atoms with E-state index in [9.17, 15) is 4.79 Å². The molecule has 0 spiro atoms. The molecule has 4 heteroatoms. The number of rotatable bonds is 4. The summed E-state index contributed by atoms with van der Waals surface area (Å²) in [5.74, 6) is -0.442. The van der Waals surface area contributed by atoms with Crippen LogP contribution in [0.2, 0.25) is 0 Å². The standard InChI is InChI=1S/C11H15NO3/c1-15-11(14)10(12)6-8-4-2-3-5-9(8)7-13/h2-5,10,13H,6-7,12H2,1H3. The van der Waals surface area contributed by atoms with E-state index in [1.807, 2.05) is 18.2 Å². The minimum Gasteiger partial charge on any atom is -0.468 e. The fraction of sp³-hybridized carbons (Fsp3) is 0.364. The van der Waals surface area contributed by atoms with Gasteiger partial charge in [-0.25, -0.2) is 0 Å². The second kappa shape index (κ2) is 5.48. The van der Waals surface area contributed by atoms with Gasteiger partial charge in [0, 0.05) is 0 Å². The van der Waals surface area contributed by atoms with Gasteiger partial charge >= 0.3 is 5.97 Å². The largest absolute Gasteiger partial charge is 0.468 e. The molecule has 0 aliphatic rings. The molecule has 0 saturated heterocycles. The van der Waals surface area contributed by atoms with E-state index in [-0.39, 0.29) is 6.61 Å². The maximum atomic E-state index is 11.1. The third kappa shape index (κ3) is 3.04. The van der Waals surface area contributed by atoms with Crippen LogP contribution >= 0.6 is 0 Å². The number of nitrogens with two attached hydrogens (primary N) is 1. The molecule has 0 saturated carbocycles. The fourth-order valence-electron chi connectivity index (χ4n) is 1.38. The van der Waals surface area contributed by atoms with E-state index in [1.54, 1.807) is 6.07 Å². The van der Waals surface area contributed by atoms with Gasteiger partial charge in [0.25, 0.3) is 0 Å². The second-order valence-corrected chi connectivity index (χ2v) is 3.26. The third-order valence-corrected chi connectivity index (χ3v) is 2.23. The summed E-state index contributed by atoms with van der Waals surface area (Å²) in [6, 6.07) is 6.65. The molecule has 0 fully saturated rings. The van der Waals surface area contributed by atoms with Crippen molar-refractivity contribution in [1.29, 1.82) is 0 Å². The van der Waals surface area contributed by atoms with Gasteiger partial charge in [0.2, 0.25) is 0 Å². The molecule has 0 radical (unpaired) electrons. The summed E-state index contributed by atoms with van der Waals surface area (Å²) in [5.41, 5.74) is 7.29. The second-order valence-electron chi connectivity index (χ2n) is 3.26. The van der Waals surface area contributed by atoms with Crippen LogP contribution in [0, 0.1) is 0 Å². The minimum absolute atomic E-state index is 0.0515. The van der Waals surface area contributed by atoms with Crippen molar-refractivity contribution in [1.82, 2.24) is 0 Å². The van der Waals surface area contributed by atoms with Crippen molar-refractivity contribution in [3.05, 3.63) is 35.4 Å². The summed E-state index contributed by atoms with van der Waals surface area (Å²) in [7, 11) is 1.31. The Hall–Kier alpha value is -1.39. The molecule has 1 aromatic carbocycles. The molecule has 3 N–H and O–H groups in total. The minimum atomic E-state index is -0.678. The molecule has 1 unspecified atom stereocenters. The summed E-state index contributed by atoms with van der Waals surface area (Å²) in [6.07, 6.45) is 0.378. The van der Waals surface area contributed by atoms with Crippen LogP contribution in [0.5, 0.6) is 0 Å². The van der Waals surface area contributed by atoms with Crippen LogP contribution in [-0.4, -0.2) is 24.2 Å². The number of carbonyl (C=O) groups is 1. The van der Waals surface area contributed by atoms with Gasteiger partial charge in [-0.05, 0) is 17.5 Å². The number of aliphatic hydroxyl groups excluding tert-OH is 1. The summed E-state index contributed by atoms with van der Waals surface area (Å²) < 4.78 is 4.53. The Morgan fingerprint density at radius 2 is 2.07 bits per heavy atom. The van der Waals surface area contributed by atoms with Crippen molar-refractivity contribution in [3.63, 3.8) is 0 Å². The zero-order chi connectivity index (χ0) is 11.3. The third-order valence-electron chi connectivity index (χ3n) is 2.23. The first kappa shape index (κ1) is 11.7. The van der Waals surface area contributed by atoms with Gasteiger partial charge < -0.3 is 15.6 Å². The SMILES string of the molecule is COC(=O)C(N)Cc1ccccc1CO. The summed E-state index contributed by atoms with van der Waals surface area (Å²) in [6.45, 7) is -0.0515. The number of aliphatic hydroxyl groups is 1. The molecule has 1 aromatic rings. The smallest absolute Gasteiger partial charge is 0.322 e. The van der Waals surface area contributed by atoms with Crippen LogP contribution in [0.4, 0.5) is 0 Å². The lowest BCUT2D eigenvalue weighted by Gasteiger charge is -2.11. The Labute approximate surface area is 88.7 Å². The maximum absolute atomic E-state index is 11.1. The van der Waals surface area contributed by atoms with E-state index >= 15 is 0 Å². The van der Waals surface area contributed by atoms with Gasteiger partial charge in [-0.15, -0.1) is 0 Å². The average Bonchev–Trinajstić information content (AvgIpc) is 2.28. The molecule has 0 aliphatic heterocycles. The van der Waals surface area contributed by atoms with Crippen molar-refractivity contribution >= 4 is 5.97 Å². The van der Waals surface area contributed by atoms with Crippen molar-refractivity contribution in [2.24, 2.45) is 5.73 Å². The Kier molecular flexibility index (Phi) is 4.27. The first-order chi connectivity index (χ1) is 7.19. The lowest BCUT2D eigenvalue weighted by Crippen LogP contribution is -2.33. The van der Waals surface area contributed by atoms with Gasteiger partial charge in [-0.2, -0.15) is 0 Å². The van der Waals surface area contributed by atoms with Gasteiger partial charge in [0.15, 0.2) is 0 Å². The number of ether oxygens (including phenoxy) is 1. The van der Waals surface area contributed by atoms with Gasteiger partial charge in [0.1, 0.15) is 6.04 Å². The highest BCUT2D eigenvalue weighted by molar-refractivity contribution is 5.75. The molecule has 1 atom stereocenters. The van der Waals surface area contributed by atoms with E-state index in [0.717, 1.165) is 11.1 Å². The predicted molar refractivity (Wildman–Crippen MR) is 56.1 cm³/mol. The molecule has 15 heavy (non-hydrogen) atoms. The van der Waals surface area contributed by atoms with E-state index < -0.39 is 12.0 Å². The molecule has 0 amide bonds. The highest BCUT2D eigenvalue weighted by atomic mass is 16.5. The van der Waals surface area contributed by atoms with Crippen molar-refractivity contribution < 1.29 is 14.6 Å². The highest BCUT2D eigenvalue weighted by Gasteiger charge is 2.15. The molecule has 4 nitrogen and oxygen atoms in total. The summed E-state index contributed by atoms with van der Waals surface area (Å²) >= 11 is 0. The molecule has 0 bridgehead atoms. The normalized spacial score (nSPS) is 12.2. The first-order valence-electron chi connectivity index (χ1n) is 4.70. The van der Waals surface area contributed by atoms with E-state index in [1.165, 1.54) is 7.11 Å². The fourth-order valence-corrected chi connectivity index (χ4v) is 1.38. The van der Waals surface area contributed by atoms with Crippen LogP contribution in [0.1, 0.15) is 11.1 Å². The van der Waals surface area contributed by atoms with E-state index in [2.05, 4.69) is 4.74 Å². The number of hydrogen-bond acceptors (Lipinski definition) is 4. The quantitative estimate of drug-likeness (QED) is 0.696. The number of benzene rings is 1. The van der Waals surface area contributed by atoms with Crippen LogP contribution in [0.3, 0.4) is 0 Å². The topological polar surface area (TPSA) is 72.5 Å². The zero-order valence-corrected chi connectivity index (χ0v) is 8.64. The number of methoxy groups -OCH3 is 1. The van der Waals surface area contributed by atoms with Gasteiger partial charge in [0.05, 0.1) is 13.7 Å². The molecule has 82 valence electrons. The number of carbonyl (C=O) groups excluding carboxylic acids is 1. The lowest BCUT2D eigenvalue weighted by atomic mass is 10.0. The van der Waals surface area contributed by atoms with Crippen LogP contribution in [0.25, 0.3) is 0 Å². The summed E-state index contributed by atoms with van der Waals surface area (Å²) in [5, 5.41) is 9.07. The monoisotopic (exact) mass is 209 g/mol. The van der Waals surface area contributed by atoms with E-state index in [0.29, 0.717) is 6.42 Å². The first-order valence-corrected chi connectivity index (χ1v) is 4.70. The van der Waals surface area contributed by atoms with Crippen LogP contribution in [0.15, 0.2) is 24.3 Å². The summed E-state index contributed by atoms with van der Waals surface area (Å²) in [4.78, 5) is 11.1. The van der Waals surface area contributed by atoms with Crippen molar-refractivity contribution in [3.8, 4) is 0 Å². The average molecular weight is 209 g/mol. The molecule has 0 aromatic heterocycles. The highest BCUT2D eigenvalue weighted by Crippen LogP contribution is 2.10. The lowest BCUT2D eigenvalue weighted by molar-refractivity contribution is -0.142. The Morgan fingerprint density at radius 1 is 1.47 bits per heavy atom. The number of esters is 1. The van der Waals surface area contributed by atoms with Gasteiger partial charge in [-0.3, -0.25) is 4.79 Å². The molecular weight excluding hydrogens is 194 g/mol. The van der Waals surface area contributed by atoms with Crippen molar-refractivity contribution in [2.75, 3.05) is 7.11 Å². The molecule has 0 aliphatic carbocycles. The van der Waals surface area contributed by atoms with Crippen LogP contribution in [-0.2, 0) is 22.6 Å². The Bertz CT molecular complexity index is 338. The zero-order valence-electron chi connectivity index (χ0n) is 8.64. The maximum Gasteiger partial charge on any atom is 0.322 e. The molecule has 0 heterocycles.